The summed E-state index contributed by atoms with van der Waals surface area (Å²) in [4.78, 5) is 1.22. The molecule has 0 amide bonds. The van der Waals surface area contributed by atoms with E-state index in [9.17, 15) is 0 Å². The summed E-state index contributed by atoms with van der Waals surface area (Å²) in [6, 6.07) is 10.1. The molecule has 1 heteroatoms. The van der Waals surface area contributed by atoms with Gasteiger partial charge in [0.1, 0.15) is 0 Å². The lowest BCUT2D eigenvalue weighted by atomic mass is 10.4. The number of thioether (sulfide) groups is 1. The van der Waals surface area contributed by atoms with Crippen LogP contribution in [0.15, 0.2) is 35.2 Å². The quantitative estimate of drug-likeness (QED) is 0.517. The maximum atomic E-state index is 3.67. The standard InChI is InChI=1S/C7H7S/c1-8-7-5-3-2-4-6-7/h2-6H,1H2. The summed E-state index contributed by atoms with van der Waals surface area (Å²) in [6.45, 7) is 0. The van der Waals surface area contributed by atoms with E-state index in [4.69, 9.17) is 0 Å². The van der Waals surface area contributed by atoms with E-state index in [0.717, 1.165) is 0 Å². The van der Waals surface area contributed by atoms with Gasteiger partial charge in [-0.15, -0.1) is 11.8 Å². The number of hydrogen-bond acceptors (Lipinski definition) is 1. The van der Waals surface area contributed by atoms with E-state index in [0.29, 0.717) is 0 Å². The molecule has 0 spiro atoms. The molecule has 0 fully saturated rings. The number of rotatable bonds is 1. The van der Waals surface area contributed by atoms with Gasteiger partial charge in [0.25, 0.3) is 0 Å². The van der Waals surface area contributed by atoms with Crippen LogP contribution in [0.5, 0.6) is 0 Å². The lowest BCUT2D eigenvalue weighted by molar-refractivity contribution is 1.47. The Morgan fingerprint density at radius 1 is 1.12 bits per heavy atom. The van der Waals surface area contributed by atoms with Crippen molar-refractivity contribution in [2.75, 3.05) is 0 Å². The highest BCUT2D eigenvalue weighted by Gasteiger charge is 1.80. The number of benzene rings is 1. The van der Waals surface area contributed by atoms with Crippen LogP contribution in [0.4, 0.5) is 0 Å². The summed E-state index contributed by atoms with van der Waals surface area (Å²) in [5, 5.41) is 0. The van der Waals surface area contributed by atoms with Crippen molar-refractivity contribution in [1.82, 2.24) is 0 Å². The van der Waals surface area contributed by atoms with Crippen molar-refractivity contribution in [2.45, 2.75) is 4.90 Å². The molecule has 0 unspecified atom stereocenters. The molecule has 1 aromatic rings. The monoisotopic (exact) mass is 123 g/mol. The first kappa shape index (κ1) is 5.70. The molecule has 41 valence electrons. The van der Waals surface area contributed by atoms with Gasteiger partial charge in [0.2, 0.25) is 0 Å². The fraction of sp³-hybridized carbons (Fsp3) is 0. The van der Waals surface area contributed by atoms with Gasteiger partial charge < -0.3 is 0 Å². The second kappa shape index (κ2) is 2.78. The first-order chi connectivity index (χ1) is 3.93. The zero-order valence-corrected chi connectivity index (χ0v) is 5.32. The summed E-state index contributed by atoms with van der Waals surface area (Å²) in [7, 11) is 0. The summed E-state index contributed by atoms with van der Waals surface area (Å²) < 4.78 is 0. The minimum atomic E-state index is 1.22. The van der Waals surface area contributed by atoms with Crippen LogP contribution < -0.4 is 0 Å². The molecule has 1 rings (SSSR count). The molecule has 0 nitrogen and oxygen atoms in total. The zero-order chi connectivity index (χ0) is 5.82. The smallest absolute Gasteiger partial charge is 0.00745 e. The van der Waals surface area contributed by atoms with Gasteiger partial charge in [-0.25, -0.2) is 0 Å². The molecule has 1 aromatic carbocycles. The van der Waals surface area contributed by atoms with Gasteiger partial charge in [0, 0.05) is 11.2 Å². The molecular weight excluding hydrogens is 116 g/mol. The van der Waals surface area contributed by atoms with Crippen molar-refractivity contribution in [3.63, 3.8) is 0 Å². The van der Waals surface area contributed by atoms with Gasteiger partial charge in [-0.05, 0) is 12.1 Å². The number of hydrogen-bond donors (Lipinski definition) is 0. The maximum absolute atomic E-state index is 3.67. The summed E-state index contributed by atoms with van der Waals surface area (Å²) >= 11 is 1.52. The van der Waals surface area contributed by atoms with Crippen molar-refractivity contribution in [3.05, 3.63) is 36.6 Å². The largest absolute Gasteiger partial charge is 0.125 e. The van der Waals surface area contributed by atoms with Crippen LogP contribution >= 0.6 is 11.8 Å². The summed E-state index contributed by atoms with van der Waals surface area (Å²) in [5.41, 5.74) is 0. The lowest BCUT2D eigenvalue weighted by Crippen LogP contribution is -1.61. The molecule has 0 aromatic heterocycles. The molecule has 0 saturated heterocycles. The van der Waals surface area contributed by atoms with Crippen molar-refractivity contribution in [1.29, 1.82) is 0 Å². The summed E-state index contributed by atoms with van der Waals surface area (Å²) in [5.74, 6) is 0. The molecule has 0 aliphatic rings. The van der Waals surface area contributed by atoms with Crippen LogP contribution in [0.1, 0.15) is 0 Å². The SMILES string of the molecule is [CH2]Sc1ccccc1. The van der Waals surface area contributed by atoms with Gasteiger partial charge in [0.05, 0.1) is 0 Å². The highest BCUT2D eigenvalue weighted by molar-refractivity contribution is 8.00. The van der Waals surface area contributed by atoms with Crippen LogP contribution in [0.25, 0.3) is 0 Å². The molecular formula is C7H7S. The van der Waals surface area contributed by atoms with Crippen LogP contribution in [-0.2, 0) is 0 Å². The Bertz CT molecular complexity index is 146. The van der Waals surface area contributed by atoms with E-state index in [2.05, 4.69) is 6.26 Å². The fourth-order valence-electron chi connectivity index (χ4n) is 0.517. The molecule has 8 heavy (non-hydrogen) atoms. The van der Waals surface area contributed by atoms with E-state index in [-0.39, 0.29) is 0 Å². The maximum Gasteiger partial charge on any atom is 0.00745 e. The Labute approximate surface area is 53.9 Å². The minimum Gasteiger partial charge on any atom is -0.125 e. The molecule has 0 aliphatic carbocycles. The van der Waals surface area contributed by atoms with E-state index in [1.165, 1.54) is 16.7 Å². The fourth-order valence-corrected chi connectivity index (χ4v) is 0.866. The second-order valence-electron chi connectivity index (χ2n) is 1.46. The van der Waals surface area contributed by atoms with E-state index >= 15 is 0 Å². The first-order valence-corrected chi connectivity index (χ1v) is 3.39. The van der Waals surface area contributed by atoms with Crippen molar-refractivity contribution in [2.24, 2.45) is 0 Å². The van der Waals surface area contributed by atoms with Crippen molar-refractivity contribution in [3.8, 4) is 0 Å². The third kappa shape index (κ3) is 1.27. The molecule has 0 aliphatic heterocycles. The Morgan fingerprint density at radius 3 is 2.12 bits per heavy atom. The Hall–Kier alpha value is -0.430. The summed E-state index contributed by atoms with van der Waals surface area (Å²) in [6.07, 6.45) is 3.67. The average Bonchev–Trinajstić information content (AvgIpc) is 1.90. The van der Waals surface area contributed by atoms with Crippen LogP contribution in [0, 0.1) is 6.26 Å². The van der Waals surface area contributed by atoms with E-state index in [1.807, 2.05) is 30.3 Å². The third-order valence-electron chi connectivity index (χ3n) is 0.910. The highest BCUT2D eigenvalue weighted by atomic mass is 32.2. The first-order valence-electron chi connectivity index (χ1n) is 2.40. The lowest BCUT2D eigenvalue weighted by Gasteiger charge is -1.89. The molecule has 0 atom stereocenters. The van der Waals surface area contributed by atoms with Crippen LogP contribution in [-0.4, -0.2) is 0 Å². The predicted molar refractivity (Wildman–Crippen MR) is 37.7 cm³/mol. The Balaban J connectivity index is 2.83. The minimum absolute atomic E-state index is 1.22. The van der Waals surface area contributed by atoms with Crippen LogP contribution in [0.3, 0.4) is 0 Å². The normalized spacial score (nSPS) is 9.12. The molecule has 0 saturated carbocycles. The molecule has 1 radical (unpaired) electrons. The molecule has 0 N–H and O–H groups in total. The Kier molecular flexibility index (Phi) is 1.98. The van der Waals surface area contributed by atoms with E-state index in [1.54, 1.807) is 0 Å². The molecule has 0 bridgehead atoms. The van der Waals surface area contributed by atoms with Crippen molar-refractivity contribution >= 4 is 11.8 Å². The van der Waals surface area contributed by atoms with Gasteiger partial charge >= 0.3 is 0 Å². The van der Waals surface area contributed by atoms with Gasteiger partial charge in [-0.1, -0.05) is 18.2 Å². The Morgan fingerprint density at radius 2 is 1.75 bits per heavy atom. The van der Waals surface area contributed by atoms with Crippen molar-refractivity contribution < 1.29 is 0 Å². The average molecular weight is 123 g/mol. The highest BCUT2D eigenvalue weighted by Crippen LogP contribution is 2.13. The van der Waals surface area contributed by atoms with Gasteiger partial charge in [-0.2, -0.15) is 0 Å². The van der Waals surface area contributed by atoms with Crippen LogP contribution in [0.2, 0.25) is 0 Å². The second-order valence-corrected chi connectivity index (χ2v) is 2.22. The van der Waals surface area contributed by atoms with Gasteiger partial charge in [-0.3, -0.25) is 0 Å². The predicted octanol–water partition coefficient (Wildman–Crippen LogP) is 2.57. The third-order valence-corrected chi connectivity index (χ3v) is 1.52. The van der Waals surface area contributed by atoms with E-state index < -0.39 is 0 Å². The topological polar surface area (TPSA) is 0 Å². The van der Waals surface area contributed by atoms with Gasteiger partial charge in [0.15, 0.2) is 0 Å². The molecule has 0 heterocycles. The zero-order valence-electron chi connectivity index (χ0n) is 4.50.